The summed E-state index contributed by atoms with van der Waals surface area (Å²) in [6, 6.07) is 1.78. The summed E-state index contributed by atoms with van der Waals surface area (Å²) in [7, 11) is 0. The summed E-state index contributed by atoms with van der Waals surface area (Å²) in [5, 5.41) is 9.71. The Morgan fingerprint density at radius 1 is 1.61 bits per heavy atom. The SMILES string of the molecule is CC1CC(C(=O)O)CN(c2ncc(Cl)cc2Br)C1. The van der Waals surface area contributed by atoms with Crippen molar-refractivity contribution >= 4 is 39.3 Å². The molecule has 4 nitrogen and oxygen atoms in total. The standard InChI is InChI=1S/C12H14BrClN2O2/c1-7-2-8(12(17)18)6-16(5-7)11-10(13)3-9(14)4-15-11/h3-4,7-8H,2,5-6H2,1H3,(H,17,18). The molecule has 98 valence electrons. The summed E-state index contributed by atoms with van der Waals surface area (Å²) in [6.45, 7) is 3.37. The average Bonchev–Trinajstić information content (AvgIpc) is 2.27. The monoisotopic (exact) mass is 332 g/mol. The number of aromatic nitrogens is 1. The van der Waals surface area contributed by atoms with Crippen LogP contribution >= 0.6 is 27.5 Å². The molecule has 6 heteroatoms. The molecular weight excluding hydrogens is 320 g/mol. The lowest BCUT2D eigenvalue weighted by atomic mass is 9.90. The van der Waals surface area contributed by atoms with Gasteiger partial charge in [-0.15, -0.1) is 0 Å². The van der Waals surface area contributed by atoms with Crippen LogP contribution in [-0.4, -0.2) is 29.1 Å². The Labute approximate surface area is 119 Å². The first kappa shape index (κ1) is 13.6. The van der Waals surface area contributed by atoms with Crippen LogP contribution in [0.5, 0.6) is 0 Å². The maximum absolute atomic E-state index is 11.1. The van der Waals surface area contributed by atoms with Gasteiger partial charge in [-0.25, -0.2) is 4.98 Å². The second-order valence-electron chi connectivity index (χ2n) is 4.74. The Kier molecular flexibility index (Phi) is 4.12. The quantitative estimate of drug-likeness (QED) is 0.904. The highest BCUT2D eigenvalue weighted by Gasteiger charge is 2.30. The minimum Gasteiger partial charge on any atom is -0.481 e. The number of anilines is 1. The molecule has 2 rings (SSSR count). The lowest BCUT2D eigenvalue weighted by molar-refractivity contribution is -0.142. The largest absolute Gasteiger partial charge is 0.481 e. The van der Waals surface area contributed by atoms with E-state index in [1.807, 2.05) is 4.90 Å². The average molecular weight is 334 g/mol. The molecule has 0 spiro atoms. The van der Waals surface area contributed by atoms with Crippen molar-refractivity contribution in [3.63, 3.8) is 0 Å². The molecule has 1 aliphatic rings. The first-order valence-electron chi connectivity index (χ1n) is 5.76. The third-order valence-electron chi connectivity index (χ3n) is 3.10. The van der Waals surface area contributed by atoms with Gasteiger partial charge in [-0.3, -0.25) is 4.79 Å². The van der Waals surface area contributed by atoms with Gasteiger partial charge in [0.25, 0.3) is 0 Å². The number of aliphatic carboxylic acids is 1. The molecule has 1 N–H and O–H groups in total. The van der Waals surface area contributed by atoms with E-state index in [2.05, 4.69) is 27.8 Å². The Bertz CT molecular complexity index is 469. The van der Waals surface area contributed by atoms with Gasteiger partial charge >= 0.3 is 5.97 Å². The van der Waals surface area contributed by atoms with E-state index < -0.39 is 5.97 Å². The van der Waals surface area contributed by atoms with Crippen molar-refractivity contribution in [3.05, 3.63) is 21.8 Å². The van der Waals surface area contributed by atoms with Crippen LogP contribution in [-0.2, 0) is 4.79 Å². The lowest BCUT2D eigenvalue weighted by Gasteiger charge is -2.35. The van der Waals surface area contributed by atoms with Crippen LogP contribution in [0.1, 0.15) is 13.3 Å². The van der Waals surface area contributed by atoms with E-state index in [-0.39, 0.29) is 5.92 Å². The maximum atomic E-state index is 11.1. The zero-order valence-electron chi connectivity index (χ0n) is 9.94. The highest BCUT2D eigenvalue weighted by Crippen LogP contribution is 2.31. The van der Waals surface area contributed by atoms with E-state index in [9.17, 15) is 4.79 Å². The van der Waals surface area contributed by atoms with Gasteiger partial charge in [-0.1, -0.05) is 18.5 Å². The summed E-state index contributed by atoms with van der Waals surface area (Å²) in [6.07, 6.45) is 2.30. The number of nitrogens with zero attached hydrogens (tertiary/aromatic N) is 2. The summed E-state index contributed by atoms with van der Waals surface area (Å²) >= 11 is 9.28. The van der Waals surface area contributed by atoms with Gasteiger partial charge in [0.2, 0.25) is 0 Å². The molecule has 1 aromatic heterocycles. The Balaban J connectivity index is 2.24. The summed E-state index contributed by atoms with van der Waals surface area (Å²) in [4.78, 5) is 17.4. The number of rotatable bonds is 2. The van der Waals surface area contributed by atoms with Gasteiger partial charge in [-0.2, -0.15) is 0 Å². The fourth-order valence-electron chi connectivity index (χ4n) is 2.34. The van der Waals surface area contributed by atoms with Gasteiger partial charge < -0.3 is 10.0 Å². The summed E-state index contributed by atoms with van der Waals surface area (Å²) in [5.74, 6) is 0.0243. The van der Waals surface area contributed by atoms with Crippen molar-refractivity contribution in [2.75, 3.05) is 18.0 Å². The topological polar surface area (TPSA) is 53.4 Å². The molecule has 0 aromatic carbocycles. The summed E-state index contributed by atoms with van der Waals surface area (Å²) < 4.78 is 0.799. The highest BCUT2D eigenvalue weighted by molar-refractivity contribution is 9.10. The van der Waals surface area contributed by atoms with E-state index in [4.69, 9.17) is 16.7 Å². The molecular formula is C12H14BrClN2O2. The molecule has 0 amide bonds. The van der Waals surface area contributed by atoms with Crippen molar-refractivity contribution in [1.29, 1.82) is 0 Å². The molecule has 1 aliphatic heterocycles. The van der Waals surface area contributed by atoms with Crippen molar-refractivity contribution < 1.29 is 9.90 Å². The van der Waals surface area contributed by atoms with Crippen LogP contribution in [0.3, 0.4) is 0 Å². The fraction of sp³-hybridized carbons (Fsp3) is 0.500. The number of piperidine rings is 1. The van der Waals surface area contributed by atoms with Gasteiger partial charge in [0.15, 0.2) is 0 Å². The number of hydrogen-bond acceptors (Lipinski definition) is 3. The minimum atomic E-state index is -0.739. The fourth-order valence-corrected chi connectivity index (χ4v) is 3.23. The smallest absolute Gasteiger partial charge is 0.308 e. The second kappa shape index (κ2) is 5.45. The van der Waals surface area contributed by atoms with E-state index in [1.165, 1.54) is 0 Å². The molecule has 2 heterocycles. The number of carboxylic acids is 1. The predicted octanol–water partition coefficient (Wildman–Crippen LogP) is 3.04. The molecule has 2 unspecified atom stereocenters. The molecule has 1 saturated heterocycles. The Morgan fingerprint density at radius 2 is 2.33 bits per heavy atom. The van der Waals surface area contributed by atoms with Crippen LogP contribution in [0.4, 0.5) is 5.82 Å². The van der Waals surface area contributed by atoms with Gasteiger partial charge in [0, 0.05) is 19.3 Å². The van der Waals surface area contributed by atoms with Crippen LogP contribution in [0.15, 0.2) is 16.7 Å². The molecule has 0 bridgehead atoms. The second-order valence-corrected chi connectivity index (χ2v) is 6.03. The minimum absolute atomic E-state index is 0.335. The first-order valence-corrected chi connectivity index (χ1v) is 6.93. The van der Waals surface area contributed by atoms with E-state index >= 15 is 0 Å². The number of carboxylic acid groups (broad SMARTS) is 1. The van der Waals surface area contributed by atoms with Crippen molar-refractivity contribution in [2.45, 2.75) is 13.3 Å². The van der Waals surface area contributed by atoms with Crippen LogP contribution < -0.4 is 4.90 Å². The van der Waals surface area contributed by atoms with E-state index in [0.29, 0.717) is 17.5 Å². The van der Waals surface area contributed by atoms with Crippen LogP contribution in [0.25, 0.3) is 0 Å². The molecule has 0 radical (unpaired) electrons. The normalized spacial score (nSPS) is 24.1. The van der Waals surface area contributed by atoms with Gasteiger partial charge in [0.1, 0.15) is 5.82 Å². The number of halogens is 2. The van der Waals surface area contributed by atoms with Crippen molar-refractivity contribution in [2.24, 2.45) is 11.8 Å². The maximum Gasteiger partial charge on any atom is 0.308 e. The Hall–Kier alpha value is -0.810. The zero-order valence-corrected chi connectivity index (χ0v) is 12.3. The predicted molar refractivity (Wildman–Crippen MR) is 74.1 cm³/mol. The van der Waals surface area contributed by atoms with Gasteiger partial charge in [-0.05, 0) is 34.3 Å². The van der Waals surface area contributed by atoms with Crippen molar-refractivity contribution in [3.8, 4) is 0 Å². The highest BCUT2D eigenvalue weighted by atomic mass is 79.9. The number of pyridine rings is 1. The van der Waals surface area contributed by atoms with Crippen LogP contribution in [0.2, 0.25) is 5.02 Å². The zero-order chi connectivity index (χ0) is 13.3. The van der Waals surface area contributed by atoms with Crippen LogP contribution in [0, 0.1) is 11.8 Å². The Morgan fingerprint density at radius 3 is 2.94 bits per heavy atom. The molecule has 2 atom stereocenters. The van der Waals surface area contributed by atoms with Gasteiger partial charge in [0.05, 0.1) is 15.4 Å². The molecule has 0 saturated carbocycles. The lowest BCUT2D eigenvalue weighted by Crippen LogP contribution is -2.43. The number of carbonyl (C=O) groups is 1. The van der Waals surface area contributed by atoms with E-state index in [1.54, 1.807) is 12.3 Å². The van der Waals surface area contributed by atoms with E-state index in [0.717, 1.165) is 23.3 Å². The molecule has 18 heavy (non-hydrogen) atoms. The third-order valence-corrected chi connectivity index (χ3v) is 3.89. The molecule has 0 aliphatic carbocycles. The van der Waals surface area contributed by atoms with Crippen molar-refractivity contribution in [1.82, 2.24) is 4.98 Å². The third kappa shape index (κ3) is 2.95. The first-order chi connectivity index (χ1) is 8.47. The molecule has 1 fully saturated rings. The summed E-state index contributed by atoms with van der Waals surface area (Å²) in [5.41, 5.74) is 0. The molecule has 1 aromatic rings. The number of hydrogen-bond donors (Lipinski definition) is 1.